The molecule has 106 valence electrons. The van der Waals surface area contributed by atoms with Crippen molar-refractivity contribution in [3.05, 3.63) is 35.4 Å². The Bertz CT molecular complexity index is 576. The van der Waals surface area contributed by atoms with Gasteiger partial charge in [-0.05, 0) is 13.0 Å². The maximum Gasteiger partial charge on any atom is 0.140 e. The fourth-order valence-corrected chi connectivity index (χ4v) is 3.70. The predicted octanol–water partition coefficient (Wildman–Crippen LogP) is 2.81. The average Bonchev–Trinajstić information content (AvgIpc) is 2.99. The highest BCUT2D eigenvalue weighted by Crippen LogP contribution is 2.48. The third-order valence-corrected chi connectivity index (χ3v) is 4.95. The number of likely N-dealkylation sites (tertiary alicyclic amines) is 1. The third-order valence-electron chi connectivity index (χ3n) is 4.95. The van der Waals surface area contributed by atoms with Gasteiger partial charge in [0.05, 0.1) is 11.9 Å². The Morgan fingerprint density at radius 1 is 1.40 bits per heavy atom. The topological polar surface area (TPSA) is 41.1 Å². The monoisotopic (exact) mass is 271 g/mol. The van der Waals surface area contributed by atoms with Crippen LogP contribution in [0.2, 0.25) is 0 Å². The summed E-state index contributed by atoms with van der Waals surface area (Å²) in [4.78, 5) is 2.50. The van der Waals surface area contributed by atoms with Crippen LogP contribution >= 0.6 is 0 Å². The minimum Gasteiger partial charge on any atom is -0.486 e. The van der Waals surface area contributed by atoms with Gasteiger partial charge in [0, 0.05) is 43.5 Å². The number of piperidine rings is 1. The van der Waals surface area contributed by atoms with Crippen molar-refractivity contribution in [3.8, 4) is 0 Å². The molecule has 0 radical (unpaired) electrons. The number of allylic oxidation sites excluding steroid dienone is 4. The van der Waals surface area contributed by atoms with Gasteiger partial charge in [-0.1, -0.05) is 19.1 Å². The number of ether oxygens (including phenoxy) is 1. The summed E-state index contributed by atoms with van der Waals surface area (Å²) in [6.07, 6.45) is 10.6. The standard InChI is InChI=1S/C16H21N3O/c1-2-19-9-7-16(8-10-19)13-11-17-18-15(13)12-5-3-4-6-14(12)20-16/h3,5,11H,2,4,6-10H2,1H3,(H,17,18). The maximum absolute atomic E-state index is 6.54. The first-order valence-corrected chi connectivity index (χ1v) is 7.68. The lowest BCUT2D eigenvalue weighted by Gasteiger charge is -2.45. The lowest BCUT2D eigenvalue weighted by atomic mass is 9.80. The minimum absolute atomic E-state index is 0.141. The van der Waals surface area contributed by atoms with Crippen LogP contribution in [0.25, 0.3) is 5.57 Å². The maximum atomic E-state index is 6.54. The number of nitrogens with one attached hydrogen (secondary N) is 1. The van der Waals surface area contributed by atoms with E-state index >= 15 is 0 Å². The van der Waals surface area contributed by atoms with Gasteiger partial charge in [0.2, 0.25) is 0 Å². The first kappa shape index (κ1) is 12.2. The van der Waals surface area contributed by atoms with E-state index < -0.39 is 0 Å². The van der Waals surface area contributed by atoms with Crippen LogP contribution < -0.4 is 0 Å². The van der Waals surface area contributed by atoms with Gasteiger partial charge in [-0.2, -0.15) is 5.10 Å². The average molecular weight is 271 g/mol. The second kappa shape index (κ2) is 4.48. The molecule has 1 saturated heterocycles. The van der Waals surface area contributed by atoms with Crippen LogP contribution in [0.1, 0.15) is 43.9 Å². The number of aromatic amines is 1. The lowest BCUT2D eigenvalue weighted by molar-refractivity contribution is -0.0576. The normalized spacial score (nSPS) is 24.4. The van der Waals surface area contributed by atoms with Crippen molar-refractivity contribution >= 4 is 5.57 Å². The van der Waals surface area contributed by atoms with Crippen LogP contribution in [-0.4, -0.2) is 34.7 Å². The van der Waals surface area contributed by atoms with Crippen LogP contribution in [0.15, 0.2) is 24.1 Å². The number of H-pyrrole nitrogens is 1. The summed E-state index contributed by atoms with van der Waals surface area (Å²) in [6.45, 7) is 5.58. The van der Waals surface area contributed by atoms with Gasteiger partial charge in [-0.15, -0.1) is 0 Å². The number of nitrogens with zero attached hydrogens (tertiary/aromatic N) is 2. The molecule has 1 N–H and O–H groups in total. The molecule has 3 aliphatic rings. The Hall–Kier alpha value is -1.55. The zero-order valence-corrected chi connectivity index (χ0v) is 12.0. The third kappa shape index (κ3) is 1.67. The van der Waals surface area contributed by atoms with Gasteiger partial charge in [0.15, 0.2) is 0 Å². The molecule has 0 unspecified atom stereocenters. The molecular weight excluding hydrogens is 250 g/mol. The molecule has 1 spiro atoms. The quantitative estimate of drug-likeness (QED) is 0.854. The van der Waals surface area contributed by atoms with Crippen LogP contribution in [0, 0.1) is 0 Å². The molecule has 3 heterocycles. The van der Waals surface area contributed by atoms with Crippen molar-refractivity contribution in [2.75, 3.05) is 19.6 Å². The summed E-state index contributed by atoms with van der Waals surface area (Å²) in [6, 6.07) is 0. The van der Waals surface area contributed by atoms with E-state index in [9.17, 15) is 0 Å². The molecule has 1 fully saturated rings. The first-order valence-electron chi connectivity index (χ1n) is 7.68. The van der Waals surface area contributed by atoms with Crippen LogP contribution in [0.5, 0.6) is 0 Å². The minimum atomic E-state index is -0.141. The van der Waals surface area contributed by atoms with Gasteiger partial charge in [0.1, 0.15) is 11.4 Å². The number of hydrogen-bond donors (Lipinski definition) is 1. The summed E-state index contributed by atoms with van der Waals surface area (Å²) in [5, 5.41) is 7.50. The molecule has 4 heteroatoms. The summed E-state index contributed by atoms with van der Waals surface area (Å²) < 4.78 is 6.54. The summed E-state index contributed by atoms with van der Waals surface area (Å²) in [7, 11) is 0. The van der Waals surface area contributed by atoms with Gasteiger partial charge >= 0.3 is 0 Å². The Labute approximate surface area is 119 Å². The Morgan fingerprint density at radius 2 is 2.25 bits per heavy atom. The molecular formula is C16H21N3O. The van der Waals surface area contributed by atoms with Gasteiger partial charge in [-0.25, -0.2) is 0 Å². The fraction of sp³-hybridized carbons (Fsp3) is 0.562. The van der Waals surface area contributed by atoms with Crippen molar-refractivity contribution in [1.29, 1.82) is 0 Å². The van der Waals surface area contributed by atoms with E-state index in [1.807, 2.05) is 6.20 Å². The van der Waals surface area contributed by atoms with Crippen molar-refractivity contribution < 1.29 is 4.74 Å². The summed E-state index contributed by atoms with van der Waals surface area (Å²) in [5.74, 6) is 1.16. The SMILES string of the molecule is CCN1CCC2(CC1)OC1=C(C=CCC1)c1[nH]ncc12. The van der Waals surface area contributed by atoms with E-state index in [0.717, 1.165) is 51.1 Å². The summed E-state index contributed by atoms with van der Waals surface area (Å²) in [5.41, 5.74) is 3.52. The fourth-order valence-electron chi connectivity index (χ4n) is 3.70. The molecule has 0 aromatic carbocycles. The molecule has 4 rings (SSSR count). The Balaban J connectivity index is 1.74. The summed E-state index contributed by atoms with van der Waals surface area (Å²) >= 11 is 0. The second-order valence-corrected chi connectivity index (χ2v) is 5.97. The molecule has 0 amide bonds. The van der Waals surface area contributed by atoms with Crippen molar-refractivity contribution in [2.24, 2.45) is 0 Å². The van der Waals surface area contributed by atoms with E-state index in [-0.39, 0.29) is 5.60 Å². The van der Waals surface area contributed by atoms with Crippen molar-refractivity contribution in [3.63, 3.8) is 0 Å². The van der Waals surface area contributed by atoms with E-state index in [1.165, 1.54) is 16.8 Å². The number of rotatable bonds is 1. The largest absolute Gasteiger partial charge is 0.486 e. The Morgan fingerprint density at radius 3 is 3.05 bits per heavy atom. The molecule has 0 bridgehead atoms. The first-order chi connectivity index (χ1) is 9.82. The smallest absolute Gasteiger partial charge is 0.140 e. The van der Waals surface area contributed by atoms with Gasteiger partial charge in [-0.3, -0.25) is 5.10 Å². The Kier molecular flexibility index (Phi) is 2.74. The highest BCUT2D eigenvalue weighted by molar-refractivity contribution is 5.78. The van der Waals surface area contributed by atoms with E-state index in [1.54, 1.807) is 0 Å². The highest BCUT2D eigenvalue weighted by atomic mass is 16.5. The lowest BCUT2D eigenvalue weighted by Crippen LogP contribution is -2.45. The number of aromatic nitrogens is 2. The van der Waals surface area contributed by atoms with Crippen molar-refractivity contribution in [2.45, 2.75) is 38.2 Å². The molecule has 0 saturated carbocycles. The van der Waals surface area contributed by atoms with Gasteiger partial charge in [0.25, 0.3) is 0 Å². The number of fused-ring (bicyclic) bond motifs is 3. The van der Waals surface area contributed by atoms with Crippen LogP contribution in [0.4, 0.5) is 0 Å². The highest BCUT2D eigenvalue weighted by Gasteiger charge is 2.44. The molecule has 1 aromatic heterocycles. The van der Waals surface area contributed by atoms with E-state index in [2.05, 4.69) is 34.2 Å². The zero-order chi connectivity index (χ0) is 13.6. The molecule has 2 aliphatic heterocycles. The van der Waals surface area contributed by atoms with E-state index in [4.69, 9.17) is 4.74 Å². The molecule has 4 nitrogen and oxygen atoms in total. The molecule has 0 atom stereocenters. The van der Waals surface area contributed by atoms with Gasteiger partial charge < -0.3 is 9.64 Å². The second-order valence-electron chi connectivity index (χ2n) is 5.97. The molecule has 1 aromatic rings. The molecule has 1 aliphatic carbocycles. The van der Waals surface area contributed by atoms with Crippen LogP contribution in [0.3, 0.4) is 0 Å². The van der Waals surface area contributed by atoms with Crippen molar-refractivity contribution in [1.82, 2.24) is 15.1 Å². The predicted molar refractivity (Wildman–Crippen MR) is 78.0 cm³/mol. The number of hydrogen-bond acceptors (Lipinski definition) is 3. The van der Waals surface area contributed by atoms with E-state index in [0.29, 0.717) is 0 Å². The molecule has 20 heavy (non-hydrogen) atoms. The zero-order valence-electron chi connectivity index (χ0n) is 12.0. The van der Waals surface area contributed by atoms with Crippen LogP contribution in [-0.2, 0) is 10.3 Å².